The van der Waals surface area contributed by atoms with Crippen LogP contribution in [-0.4, -0.2) is 18.5 Å². The summed E-state index contributed by atoms with van der Waals surface area (Å²) >= 11 is 0. The van der Waals surface area contributed by atoms with Crippen LogP contribution in [0.5, 0.6) is 5.75 Å². The molecule has 0 N–H and O–H groups in total. The molecule has 1 aromatic carbocycles. The van der Waals surface area contributed by atoms with Gasteiger partial charge in [-0.2, -0.15) is 0 Å². The van der Waals surface area contributed by atoms with Gasteiger partial charge in [-0.25, -0.2) is 0 Å². The highest BCUT2D eigenvalue weighted by Crippen LogP contribution is 2.21. The zero-order chi connectivity index (χ0) is 18.9. The standard InChI is InChI=1S/C21H32O4/c1-6-7-8-14-24-19(22)16(2)12-13-17-10-9-11-18(15-17)25-20(23)21(3,4)5/h9-11,15-16H,6-8,12-14H2,1-5H3/t16-/m1/s1. The van der Waals surface area contributed by atoms with Crippen molar-refractivity contribution in [1.82, 2.24) is 0 Å². The number of aryl methyl sites for hydroxylation is 1. The highest BCUT2D eigenvalue weighted by molar-refractivity contribution is 5.77. The summed E-state index contributed by atoms with van der Waals surface area (Å²) in [6.45, 7) is 10.0. The van der Waals surface area contributed by atoms with Crippen molar-refractivity contribution in [2.24, 2.45) is 11.3 Å². The summed E-state index contributed by atoms with van der Waals surface area (Å²) in [7, 11) is 0. The average molecular weight is 348 g/mol. The van der Waals surface area contributed by atoms with E-state index < -0.39 is 5.41 Å². The monoisotopic (exact) mass is 348 g/mol. The molecule has 0 radical (unpaired) electrons. The van der Waals surface area contributed by atoms with Crippen LogP contribution in [0.15, 0.2) is 24.3 Å². The number of esters is 2. The molecule has 1 rings (SSSR count). The summed E-state index contributed by atoms with van der Waals surface area (Å²) in [4.78, 5) is 23.9. The first-order chi connectivity index (χ1) is 11.7. The van der Waals surface area contributed by atoms with Gasteiger partial charge in [0.2, 0.25) is 0 Å². The Bertz CT molecular complexity index is 557. The molecule has 0 aromatic heterocycles. The van der Waals surface area contributed by atoms with E-state index in [9.17, 15) is 9.59 Å². The number of hydrogen-bond acceptors (Lipinski definition) is 4. The van der Waals surface area contributed by atoms with Crippen LogP contribution < -0.4 is 4.74 Å². The molecule has 0 fully saturated rings. The van der Waals surface area contributed by atoms with Crippen LogP contribution in [0.4, 0.5) is 0 Å². The Morgan fingerprint density at radius 3 is 2.52 bits per heavy atom. The van der Waals surface area contributed by atoms with E-state index >= 15 is 0 Å². The largest absolute Gasteiger partial charge is 0.465 e. The molecule has 25 heavy (non-hydrogen) atoms. The van der Waals surface area contributed by atoms with Crippen molar-refractivity contribution in [2.45, 2.75) is 66.7 Å². The Morgan fingerprint density at radius 2 is 1.88 bits per heavy atom. The Labute approximate surface area is 151 Å². The Hall–Kier alpha value is -1.84. The Balaban J connectivity index is 2.48. The summed E-state index contributed by atoms with van der Waals surface area (Å²) < 4.78 is 10.7. The maximum Gasteiger partial charge on any atom is 0.316 e. The minimum Gasteiger partial charge on any atom is -0.465 e. The van der Waals surface area contributed by atoms with E-state index in [1.54, 1.807) is 6.07 Å². The lowest BCUT2D eigenvalue weighted by atomic mass is 9.97. The third kappa shape index (κ3) is 8.19. The lowest BCUT2D eigenvalue weighted by molar-refractivity contribution is -0.148. The summed E-state index contributed by atoms with van der Waals surface area (Å²) in [5.74, 6) is 0.0229. The minimum atomic E-state index is -0.536. The van der Waals surface area contributed by atoms with E-state index in [1.807, 2.05) is 45.9 Å². The molecule has 0 saturated heterocycles. The van der Waals surface area contributed by atoms with Crippen molar-refractivity contribution in [3.05, 3.63) is 29.8 Å². The SMILES string of the molecule is CCCCCOC(=O)[C@H](C)CCc1cccc(OC(=O)C(C)(C)C)c1. The molecular formula is C21H32O4. The molecular weight excluding hydrogens is 316 g/mol. The van der Waals surface area contributed by atoms with E-state index in [4.69, 9.17) is 9.47 Å². The summed E-state index contributed by atoms with van der Waals surface area (Å²) in [5, 5.41) is 0. The maximum atomic E-state index is 12.0. The van der Waals surface area contributed by atoms with Gasteiger partial charge >= 0.3 is 11.9 Å². The topological polar surface area (TPSA) is 52.6 Å². The normalized spacial score (nSPS) is 12.5. The Morgan fingerprint density at radius 1 is 1.16 bits per heavy atom. The summed E-state index contributed by atoms with van der Waals surface area (Å²) in [5.41, 5.74) is 0.510. The van der Waals surface area contributed by atoms with Gasteiger partial charge in [-0.05, 0) is 57.7 Å². The molecule has 0 aliphatic heterocycles. The fourth-order valence-corrected chi connectivity index (χ4v) is 2.19. The number of benzene rings is 1. The average Bonchev–Trinajstić information content (AvgIpc) is 2.56. The van der Waals surface area contributed by atoms with Gasteiger partial charge in [-0.15, -0.1) is 0 Å². The van der Waals surface area contributed by atoms with Crippen LogP contribution in [-0.2, 0) is 20.7 Å². The van der Waals surface area contributed by atoms with Gasteiger partial charge in [0.1, 0.15) is 5.75 Å². The number of ether oxygens (including phenoxy) is 2. The fourth-order valence-electron chi connectivity index (χ4n) is 2.19. The number of unbranched alkanes of at least 4 members (excludes halogenated alkanes) is 2. The van der Waals surface area contributed by atoms with Crippen LogP contribution in [0.2, 0.25) is 0 Å². The van der Waals surface area contributed by atoms with Crippen LogP contribution in [0.1, 0.15) is 65.9 Å². The van der Waals surface area contributed by atoms with Gasteiger partial charge in [0.15, 0.2) is 0 Å². The molecule has 4 heteroatoms. The molecule has 4 nitrogen and oxygen atoms in total. The quantitative estimate of drug-likeness (QED) is 0.360. The number of carbonyl (C=O) groups is 2. The van der Waals surface area contributed by atoms with Crippen molar-refractivity contribution < 1.29 is 19.1 Å². The van der Waals surface area contributed by atoms with Crippen LogP contribution in [0.25, 0.3) is 0 Å². The maximum absolute atomic E-state index is 12.0. The van der Waals surface area contributed by atoms with Gasteiger partial charge in [0, 0.05) is 0 Å². The first-order valence-corrected chi connectivity index (χ1v) is 9.22. The molecule has 0 spiro atoms. The second kappa shape index (κ2) is 10.2. The molecule has 0 bridgehead atoms. The smallest absolute Gasteiger partial charge is 0.316 e. The minimum absolute atomic E-state index is 0.133. The zero-order valence-corrected chi connectivity index (χ0v) is 16.3. The van der Waals surface area contributed by atoms with Crippen molar-refractivity contribution >= 4 is 11.9 Å². The summed E-state index contributed by atoms with van der Waals surface area (Å²) in [6, 6.07) is 7.49. The van der Waals surface area contributed by atoms with Gasteiger partial charge < -0.3 is 9.47 Å². The lowest BCUT2D eigenvalue weighted by Crippen LogP contribution is -2.25. The number of carbonyl (C=O) groups excluding carboxylic acids is 2. The molecule has 0 aliphatic rings. The van der Waals surface area contributed by atoms with E-state index in [1.165, 1.54) is 0 Å². The van der Waals surface area contributed by atoms with E-state index in [0.717, 1.165) is 31.2 Å². The fraction of sp³-hybridized carbons (Fsp3) is 0.619. The molecule has 0 unspecified atom stereocenters. The predicted molar refractivity (Wildman–Crippen MR) is 99.5 cm³/mol. The van der Waals surface area contributed by atoms with Crippen molar-refractivity contribution in [3.8, 4) is 5.75 Å². The molecule has 140 valence electrons. The number of rotatable bonds is 9. The van der Waals surface area contributed by atoms with Gasteiger partial charge in [-0.1, -0.05) is 38.8 Å². The highest BCUT2D eigenvalue weighted by Gasteiger charge is 2.23. The zero-order valence-electron chi connectivity index (χ0n) is 16.3. The van der Waals surface area contributed by atoms with Crippen molar-refractivity contribution in [1.29, 1.82) is 0 Å². The van der Waals surface area contributed by atoms with Crippen LogP contribution in [0, 0.1) is 11.3 Å². The van der Waals surface area contributed by atoms with Crippen molar-refractivity contribution in [3.63, 3.8) is 0 Å². The molecule has 0 saturated carbocycles. The molecule has 0 aliphatic carbocycles. The third-order valence-corrected chi connectivity index (χ3v) is 3.98. The van der Waals surface area contributed by atoms with E-state index in [-0.39, 0.29) is 17.9 Å². The Kier molecular flexibility index (Phi) is 8.67. The van der Waals surface area contributed by atoms with Gasteiger partial charge in [-0.3, -0.25) is 9.59 Å². The van der Waals surface area contributed by atoms with Crippen LogP contribution in [0.3, 0.4) is 0 Å². The van der Waals surface area contributed by atoms with Gasteiger partial charge in [0.05, 0.1) is 17.9 Å². The molecule has 1 aromatic rings. The first-order valence-electron chi connectivity index (χ1n) is 9.22. The third-order valence-electron chi connectivity index (χ3n) is 3.98. The molecule has 1 atom stereocenters. The second-order valence-corrected chi connectivity index (χ2v) is 7.60. The van der Waals surface area contributed by atoms with E-state index in [2.05, 4.69) is 6.92 Å². The van der Waals surface area contributed by atoms with Crippen molar-refractivity contribution in [2.75, 3.05) is 6.61 Å². The first kappa shape index (κ1) is 21.2. The van der Waals surface area contributed by atoms with Crippen LogP contribution >= 0.6 is 0 Å². The highest BCUT2D eigenvalue weighted by atomic mass is 16.5. The summed E-state index contributed by atoms with van der Waals surface area (Å²) in [6.07, 6.45) is 4.58. The van der Waals surface area contributed by atoms with E-state index in [0.29, 0.717) is 18.8 Å². The predicted octanol–water partition coefficient (Wildman–Crippen LogP) is 4.94. The van der Waals surface area contributed by atoms with Gasteiger partial charge in [0.25, 0.3) is 0 Å². The second-order valence-electron chi connectivity index (χ2n) is 7.60. The number of hydrogen-bond donors (Lipinski definition) is 0. The molecule has 0 heterocycles. The lowest BCUT2D eigenvalue weighted by Gasteiger charge is -2.16. The molecule has 0 amide bonds.